The van der Waals surface area contributed by atoms with Gasteiger partial charge in [-0.25, -0.2) is 4.79 Å². The zero-order valence-corrected chi connectivity index (χ0v) is 19.3. The molecule has 2 N–H and O–H groups in total. The van der Waals surface area contributed by atoms with Gasteiger partial charge in [0.05, 0.1) is 23.5 Å². The summed E-state index contributed by atoms with van der Waals surface area (Å²) in [5, 5.41) is 24.2. The molecule has 0 aromatic heterocycles. The Labute approximate surface area is 202 Å². The van der Waals surface area contributed by atoms with Crippen molar-refractivity contribution in [3.8, 4) is 0 Å². The van der Waals surface area contributed by atoms with Crippen LogP contribution in [0.3, 0.4) is 0 Å². The van der Waals surface area contributed by atoms with E-state index < -0.39 is 34.5 Å². The second kappa shape index (κ2) is 9.93. The van der Waals surface area contributed by atoms with Crippen LogP contribution in [0.25, 0.3) is 0 Å². The maximum atomic E-state index is 13.3. The standard InChI is InChI=1S/C25H27N3O7/c1-16(29)22-20-13-21(30)25(26-20,15-27(23(22)31)12-11-17-5-3-2-4-6-17)24(32)35-14-18-7-9-19(10-8-18)28(33)34/h2-10,16,20,22,26,29H,11-15H2,1H3/t16-,20-,22-,25-/m1/s1. The number of benzene rings is 2. The summed E-state index contributed by atoms with van der Waals surface area (Å²) in [4.78, 5) is 51.5. The number of nitro benzene ring substituents is 1. The number of ether oxygens (including phenoxy) is 1. The molecule has 2 aliphatic rings. The number of ketones is 1. The molecule has 0 spiro atoms. The molecule has 4 rings (SSSR count). The fourth-order valence-corrected chi connectivity index (χ4v) is 4.78. The summed E-state index contributed by atoms with van der Waals surface area (Å²) in [5.41, 5.74) is -0.302. The van der Waals surface area contributed by atoms with E-state index in [9.17, 15) is 29.6 Å². The van der Waals surface area contributed by atoms with Gasteiger partial charge in [0.15, 0.2) is 11.3 Å². The van der Waals surface area contributed by atoms with Crippen LogP contribution in [0.5, 0.6) is 0 Å². The summed E-state index contributed by atoms with van der Waals surface area (Å²) in [6, 6.07) is 14.4. The lowest BCUT2D eigenvalue weighted by Gasteiger charge is -2.32. The lowest BCUT2D eigenvalue weighted by atomic mass is 9.88. The molecule has 2 saturated heterocycles. The van der Waals surface area contributed by atoms with Crippen LogP contribution >= 0.6 is 0 Å². The summed E-state index contributed by atoms with van der Waals surface area (Å²) in [7, 11) is 0. The molecule has 2 fully saturated rings. The maximum Gasteiger partial charge on any atom is 0.336 e. The Balaban J connectivity index is 1.55. The van der Waals surface area contributed by atoms with E-state index in [0.29, 0.717) is 12.0 Å². The predicted octanol–water partition coefficient (Wildman–Crippen LogP) is 1.39. The van der Waals surface area contributed by atoms with Crippen LogP contribution in [0.4, 0.5) is 5.69 Å². The molecule has 0 radical (unpaired) electrons. The third-order valence-electron chi connectivity index (χ3n) is 6.67. The minimum atomic E-state index is -1.73. The molecule has 2 aromatic rings. The highest BCUT2D eigenvalue weighted by Crippen LogP contribution is 2.33. The molecule has 10 nitrogen and oxygen atoms in total. The Morgan fingerprint density at radius 2 is 1.89 bits per heavy atom. The SMILES string of the molecule is C[C@@H](O)[C@H]1C(=O)N(CCc2ccccc2)C[C@@]2(C(=O)OCc3ccc([N+](=O)[O-])cc3)N[C@@H]1CC2=O. The van der Waals surface area contributed by atoms with Crippen molar-refractivity contribution in [3.63, 3.8) is 0 Å². The van der Waals surface area contributed by atoms with Crippen LogP contribution in [0, 0.1) is 16.0 Å². The molecule has 2 aliphatic heterocycles. The molecule has 2 heterocycles. The van der Waals surface area contributed by atoms with Crippen molar-refractivity contribution in [2.24, 2.45) is 5.92 Å². The van der Waals surface area contributed by atoms with Gasteiger partial charge in [0.25, 0.3) is 5.69 Å². The molecule has 2 aromatic carbocycles. The van der Waals surface area contributed by atoms with Gasteiger partial charge in [-0.2, -0.15) is 0 Å². The molecular weight excluding hydrogens is 454 g/mol. The Morgan fingerprint density at radius 3 is 2.51 bits per heavy atom. The normalized spacial score (nSPS) is 24.7. The van der Waals surface area contributed by atoms with E-state index >= 15 is 0 Å². The average Bonchev–Trinajstić information content (AvgIpc) is 3.09. The van der Waals surface area contributed by atoms with E-state index in [2.05, 4.69) is 5.32 Å². The highest BCUT2D eigenvalue weighted by Gasteiger charge is 2.60. The number of hydrogen-bond donors (Lipinski definition) is 2. The number of Topliss-reactive ketones (excluding diaryl/α,β-unsaturated/α-hetero) is 1. The molecule has 4 atom stereocenters. The van der Waals surface area contributed by atoms with Gasteiger partial charge in [-0.05, 0) is 36.6 Å². The van der Waals surface area contributed by atoms with E-state index in [-0.39, 0.29) is 43.5 Å². The topological polar surface area (TPSA) is 139 Å². The summed E-state index contributed by atoms with van der Waals surface area (Å²) in [6.07, 6.45) is -0.566. The van der Waals surface area contributed by atoms with Gasteiger partial charge in [-0.15, -0.1) is 0 Å². The van der Waals surface area contributed by atoms with Crippen LogP contribution in [-0.2, 0) is 32.1 Å². The molecule has 1 amide bonds. The predicted molar refractivity (Wildman–Crippen MR) is 124 cm³/mol. The number of likely N-dealkylation sites (tertiary alicyclic amines) is 1. The third kappa shape index (κ3) is 4.94. The molecule has 0 aliphatic carbocycles. The number of rotatable bonds is 8. The number of non-ortho nitro benzene ring substituents is 1. The molecule has 2 bridgehead atoms. The number of aliphatic hydroxyl groups excluding tert-OH is 1. The highest BCUT2D eigenvalue weighted by molar-refractivity contribution is 6.12. The number of nitrogens with one attached hydrogen (secondary N) is 1. The minimum absolute atomic E-state index is 0.0690. The van der Waals surface area contributed by atoms with Gasteiger partial charge in [-0.3, -0.25) is 25.0 Å². The van der Waals surface area contributed by atoms with Crippen molar-refractivity contribution in [1.82, 2.24) is 10.2 Å². The first-order valence-electron chi connectivity index (χ1n) is 11.4. The lowest BCUT2D eigenvalue weighted by molar-refractivity contribution is -0.384. The van der Waals surface area contributed by atoms with Crippen LogP contribution in [0.15, 0.2) is 54.6 Å². The molecule has 10 heteroatoms. The monoisotopic (exact) mass is 481 g/mol. The van der Waals surface area contributed by atoms with Gasteiger partial charge in [0.2, 0.25) is 5.91 Å². The number of nitrogens with zero attached hydrogens (tertiary/aromatic N) is 2. The smallest absolute Gasteiger partial charge is 0.336 e. The summed E-state index contributed by atoms with van der Waals surface area (Å²) in [6.45, 7) is 1.39. The van der Waals surface area contributed by atoms with E-state index in [1.807, 2.05) is 30.3 Å². The van der Waals surface area contributed by atoms with Crippen LogP contribution in [0.2, 0.25) is 0 Å². The summed E-state index contributed by atoms with van der Waals surface area (Å²) < 4.78 is 5.46. The first-order valence-corrected chi connectivity index (χ1v) is 11.4. The largest absolute Gasteiger partial charge is 0.459 e. The number of nitro groups is 1. The average molecular weight is 482 g/mol. The Morgan fingerprint density at radius 1 is 1.20 bits per heavy atom. The highest BCUT2D eigenvalue weighted by atomic mass is 16.6. The Kier molecular flexibility index (Phi) is 6.95. The van der Waals surface area contributed by atoms with Crippen molar-refractivity contribution in [3.05, 3.63) is 75.8 Å². The van der Waals surface area contributed by atoms with Crippen LogP contribution in [0.1, 0.15) is 24.5 Å². The third-order valence-corrected chi connectivity index (χ3v) is 6.67. The van der Waals surface area contributed by atoms with Gasteiger partial charge >= 0.3 is 5.97 Å². The van der Waals surface area contributed by atoms with Gasteiger partial charge < -0.3 is 14.7 Å². The minimum Gasteiger partial charge on any atom is -0.459 e. The quantitative estimate of drug-likeness (QED) is 0.250. The Hall–Kier alpha value is -3.63. The molecule has 0 saturated carbocycles. The van der Waals surface area contributed by atoms with Crippen LogP contribution in [-0.4, -0.2) is 63.4 Å². The summed E-state index contributed by atoms with van der Waals surface area (Å²) in [5.74, 6) is -2.39. The van der Waals surface area contributed by atoms with Crippen LogP contribution < -0.4 is 5.32 Å². The van der Waals surface area contributed by atoms with E-state index in [1.165, 1.54) is 36.1 Å². The number of esters is 1. The second-order valence-electron chi connectivity index (χ2n) is 9.04. The van der Waals surface area contributed by atoms with Gasteiger partial charge in [0, 0.05) is 31.1 Å². The number of fused-ring (bicyclic) bond motifs is 2. The molecular formula is C25H27N3O7. The van der Waals surface area contributed by atoms with Crippen molar-refractivity contribution in [2.75, 3.05) is 13.1 Å². The first-order chi connectivity index (χ1) is 16.7. The van der Waals surface area contributed by atoms with Gasteiger partial charge in [0.1, 0.15) is 6.61 Å². The number of amides is 1. The molecule has 0 unspecified atom stereocenters. The number of carbonyl (C=O) groups is 3. The zero-order valence-electron chi connectivity index (χ0n) is 19.3. The van der Waals surface area contributed by atoms with E-state index in [1.54, 1.807) is 0 Å². The number of carbonyl (C=O) groups excluding carboxylic acids is 3. The maximum absolute atomic E-state index is 13.3. The molecule has 184 valence electrons. The second-order valence-corrected chi connectivity index (χ2v) is 9.04. The molecule has 35 heavy (non-hydrogen) atoms. The Bertz CT molecular complexity index is 1120. The van der Waals surface area contributed by atoms with Crippen molar-refractivity contribution in [2.45, 2.75) is 44.1 Å². The van der Waals surface area contributed by atoms with Crippen molar-refractivity contribution in [1.29, 1.82) is 0 Å². The van der Waals surface area contributed by atoms with E-state index in [0.717, 1.165) is 5.56 Å². The fourth-order valence-electron chi connectivity index (χ4n) is 4.78. The number of hydrogen-bond acceptors (Lipinski definition) is 8. The van der Waals surface area contributed by atoms with Crippen molar-refractivity contribution >= 4 is 23.3 Å². The zero-order chi connectivity index (χ0) is 25.2. The number of aliphatic hydroxyl groups is 1. The van der Waals surface area contributed by atoms with E-state index in [4.69, 9.17) is 4.74 Å². The fraction of sp³-hybridized carbons (Fsp3) is 0.400. The summed E-state index contributed by atoms with van der Waals surface area (Å²) >= 11 is 0. The lowest BCUT2D eigenvalue weighted by Crippen LogP contribution is -2.60. The van der Waals surface area contributed by atoms with Gasteiger partial charge in [-0.1, -0.05) is 30.3 Å². The first kappa shape index (κ1) is 24.5. The van der Waals surface area contributed by atoms with Crippen molar-refractivity contribution < 1.29 is 29.2 Å².